The van der Waals surface area contributed by atoms with Crippen molar-refractivity contribution in [2.24, 2.45) is 14.1 Å². The van der Waals surface area contributed by atoms with Crippen molar-refractivity contribution in [3.63, 3.8) is 0 Å². The van der Waals surface area contributed by atoms with E-state index in [9.17, 15) is 19.5 Å². The van der Waals surface area contributed by atoms with E-state index in [0.717, 1.165) is 27.7 Å². The summed E-state index contributed by atoms with van der Waals surface area (Å²) in [7, 11) is 2.60. The minimum absolute atomic E-state index is 0.128. The standard InChI is InChI=1S/C19H24N2O5S/c1-20-17(23)16(18(24)21(2)19(20)25)15(22)7-5-4-6-12-26-13-8-10-14(27-3)11-9-13/h8-11,23H,4-7,12H2,1-3H3. The van der Waals surface area contributed by atoms with Gasteiger partial charge in [0.2, 0.25) is 5.88 Å². The smallest absolute Gasteiger partial charge is 0.333 e. The van der Waals surface area contributed by atoms with Gasteiger partial charge in [-0.3, -0.25) is 18.7 Å². The number of Topliss-reactive ketones (excluding diaryl/α,β-unsaturated/α-hetero) is 1. The molecule has 1 aromatic heterocycles. The Labute approximate surface area is 161 Å². The van der Waals surface area contributed by atoms with Gasteiger partial charge in [0.25, 0.3) is 5.56 Å². The van der Waals surface area contributed by atoms with Crippen LogP contribution in [0.25, 0.3) is 0 Å². The van der Waals surface area contributed by atoms with Crippen molar-refractivity contribution in [2.75, 3.05) is 12.9 Å². The summed E-state index contributed by atoms with van der Waals surface area (Å²) in [4.78, 5) is 37.3. The molecule has 146 valence electrons. The number of aromatic hydroxyl groups is 1. The number of carbonyl (C=O) groups excluding carboxylic acids is 1. The number of aromatic nitrogens is 2. The third-order valence-corrected chi connectivity index (χ3v) is 5.03. The Morgan fingerprint density at radius 3 is 2.37 bits per heavy atom. The van der Waals surface area contributed by atoms with Crippen LogP contribution >= 0.6 is 11.8 Å². The van der Waals surface area contributed by atoms with Crippen molar-refractivity contribution < 1.29 is 14.6 Å². The molecule has 0 unspecified atom stereocenters. The van der Waals surface area contributed by atoms with Crippen molar-refractivity contribution in [3.8, 4) is 11.6 Å². The largest absolute Gasteiger partial charge is 0.494 e. The molecule has 0 radical (unpaired) electrons. The Balaban J connectivity index is 1.81. The Kier molecular flexibility index (Phi) is 7.29. The average molecular weight is 392 g/mol. The lowest BCUT2D eigenvalue weighted by atomic mass is 10.1. The Morgan fingerprint density at radius 2 is 1.74 bits per heavy atom. The zero-order valence-electron chi connectivity index (χ0n) is 15.7. The molecule has 0 saturated carbocycles. The predicted octanol–water partition coefficient (Wildman–Crippen LogP) is 2.33. The molecule has 2 aromatic rings. The van der Waals surface area contributed by atoms with Crippen molar-refractivity contribution >= 4 is 17.5 Å². The number of thioether (sulfide) groups is 1. The van der Waals surface area contributed by atoms with Gasteiger partial charge in [-0.15, -0.1) is 11.8 Å². The summed E-state index contributed by atoms with van der Waals surface area (Å²) < 4.78 is 7.37. The lowest BCUT2D eigenvalue weighted by Crippen LogP contribution is -2.39. The van der Waals surface area contributed by atoms with Crippen molar-refractivity contribution in [2.45, 2.75) is 30.6 Å². The van der Waals surface area contributed by atoms with Gasteiger partial charge in [-0.05, 0) is 49.8 Å². The molecule has 0 saturated heterocycles. The molecule has 0 atom stereocenters. The highest BCUT2D eigenvalue weighted by Crippen LogP contribution is 2.19. The van der Waals surface area contributed by atoms with Gasteiger partial charge in [-0.2, -0.15) is 0 Å². The van der Waals surface area contributed by atoms with Crippen molar-refractivity contribution in [1.82, 2.24) is 9.13 Å². The second-order valence-corrected chi connectivity index (χ2v) is 7.04. The van der Waals surface area contributed by atoms with Crippen LogP contribution in [0.3, 0.4) is 0 Å². The summed E-state index contributed by atoms with van der Waals surface area (Å²) in [5, 5.41) is 9.97. The Morgan fingerprint density at radius 1 is 1.07 bits per heavy atom. The number of hydrogen-bond donors (Lipinski definition) is 1. The second-order valence-electron chi connectivity index (χ2n) is 6.16. The molecule has 1 aromatic carbocycles. The van der Waals surface area contributed by atoms with E-state index < -0.39 is 22.9 Å². The molecule has 7 nitrogen and oxygen atoms in total. The third kappa shape index (κ3) is 5.03. The van der Waals surface area contributed by atoms with E-state index in [4.69, 9.17) is 4.74 Å². The highest BCUT2D eigenvalue weighted by atomic mass is 32.2. The summed E-state index contributed by atoms with van der Waals surface area (Å²) >= 11 is 1.67. The molecule has 0 aliphatic rings. The lowest BCUT2D eigenvalue weighted by molar-refractivity contribution is 0.0971. The first-order valence-electron chi connectivity index (χ1n) is 8.65. The first kappa shape index (κ1) is 20.8. The maximum absolute atomic E-state index is 12.3. The molecule has 2 rings (SSSR count). The molecule has 0 spiro atoms. The minimum Gasteiger partial charge on any atom is -0.494 e. The van der Waals surface area contributed by atoms with Gasteiger partial charge in [0.15, 0.2) is 5.78 Å². The molecule has 0 aliphatic carbocycles. The van der Waals surface area contributed by atoms with Gasteiger partial charge < -0.3 is 9.84 Å². The maximum Gasteiger partial charge on any atom is 0.333 e. The maximum atomic E-state index is 12.3. The topological polar surface area (TPSA) is 90.5 Å². The SMILES string of the molecule is CSc1ccc(OCCCCCC(=O)c2c(O)n(C)c(=O)n(C)c2=O)cc1. The number of unbranched alkanes of at least 4 members (excludes halogenated alkanes) is 2. The third-order valence-electron chi connectivity index (χ3n) is 4.29. The van der Waals surface area contributed by atoms with Crippen LogP contribution in [0.1, 0.15) is 36.0 Å². The zero-order chi connectivity index (χ0) is 20.0. The second kappa shape index (κ2) is 9.45. The van der Waals surface area contributed by atoms with E-state index in [0.29, 0.717) is 13.0 Å². The fraction of sp³-hybridized carbons (Fsp3) is 0.421. The van der Waals surface area contributed by atoms with Gasteiger partial charge in [-0.25, -0.2) is 4.79 Å². The van der Waals surface area contributed by atoms with E-state index >= 15 is 0 Å². The number of nitrogens with zero attached hydrogens (tertiary/aromatic N) is 2. The van der Waals surface area contributed by atoms with Crippen LogP contribution in [0.4, 0.5) is 0 Å². The summed E-state index contributed by atoms with van der Waals surface area (Å²) in [6.45, 7) is 0.541. The fourth-order valence-corrected chi connectivity index (χ4v) is 3.04. The first-order valence-corrected chi connectivity index (χ1v) is 9.88. The van der Waals surface area contributed by atoms with Crippen molar-refractivity contribution in [3.05, 3.63) is 50.7 Å². The normalized spacial score (nSPS) is 10.8. The molecular weight excluding hydrogens is 368 g/mol. The highest BCUT2D eigenvalue weighted by Gasteiger charge is 2.20. The first-order chi connectivity index (χ1) is 12.9. The fourth-order valence-electron chi connectivity index (χ4n) is 2.63. The monoisotopic (exact) mass is 392 g/mol. The van der Waals surface area contributed by atoms with Crippen LogP contribution in [0.15, 0.2) is 38.8 Å². The van der Waals surface area contributed by atoms with Gasteiger partial charge in [0.1, 0.15) is 11.3 Å². The molecule has 0 aliphatic heterocycles. The van der Waals surface area contributed by atoms with Crippen molar-refractivity contribution in [1.29, 1.82) is 0 Å². The molecule has 0 amide bonds. The molecule has 27 heavy (non-hydrogen) atoms. The van der Waals surface area contributed by atoms with Crippen LogP contribution in [0.5, 0.6) is 11.6 Å². The number of benzene rings is 1. The number of rotatable bonds is 9. The quantitative estimate of drug-likeness (QED) is 0.400. The van der Waals surface area contributed by atoms with E-state index in [-0.39, 0.29) is 12.0 Å². The number of hydrogen-bond acceptors (Lipinski definition) is 6. The van der Waals surface area contributed by atoms with Crippen LogP contribution in [0.2, 0.25) is 0 Å². The van der Waals surface area contributed by atoms with Gasteiger partial charge >= 0.3 is 5.69 Å². The van der Waals surface area contributed by atoms with Crippen LogP contribution in [-0.2, 0) is 14.1 Å². The van der Waals surface area contributed by atoms with E-state index in [1.54, 1.807) is 11.8 Å². The molecular formula is C19H24N2O5S. The summed E-state index contributed by atoms with van der Waals surface area (Å²) in [6, 6.07) is 7.85. The van der Waals surface area contributed by atoms with Crippen LogP contribution in [-0.4, -0.2) is 32.9 Å². The van der Waals surface area contributed by atoms with Gasteiger partial charge in [-0.1, -0.05) is 0 Å². The lowest BCUT2D eigenvalue weighted by Gasteiger charge is -2.09. The molecule has 1 N–H and O–H groups in total. The molecule has 1 heterocycles. The van der Waals surface area contributed by atoms with Crippen LogP contribution < -0.4 is 16.0 Å². The van der Waals surface area contributed by atoms with E-state index in [1.807, 2.05) is 30.5 Å². The minimum atomic E-state index is -0.766. The van der Waals surface area contributed by atoms with Gasteiger partial charge in [0, 0.05) is 25.4 Å². The van der Waals surface area contributed by atoms with E-state index in [2.05, 4.69) is 0 Å². The van der Waals surface area contributed by atoms with Crippen LogP contribution in [0, 0.1) is 0 Å². The Hall–Kier alpha value is -2.48. The number of carbonyl (C=O) groups is 1. The highest BCUT2D eigenvalue weighted by molar-refractivity contribution is 7.98. The molecule has 0 fully saturated rings. The number of ketones is 1. The zero-order valence-corrected chi connectivity index (χ0v) is 16.5. The summed E-state index contributed by atoms with van der Waals surface area (Å²) in [6.07, 6.45) is 4.24. The summed E-state index contributed by atoms with van der Waals surface area (Å²) in [5.74, 6) is -0.232. The number of ether oxygens (including phenoxy) is 1. The Bertz CT molecular complexity index is 915. The predicted molar refractivity (Wildman–Crippen MR) is 105 cm³/mol. The van der Waals surface area contributed by atoms with E-state index in [1.165, 1.54) is 19.0 Å². The average Bonchev–Trinajstić information content (AvgIpc) is 2.68. The molecule has 8 heteroatoms. The molecule has 0 bridgehead atoms. The summed E-state index contributed by atoms with van der Waals surface area (Å²) in [5.41, 5.74) is -1.76. The van der Waals surface area contributed by atoms with Gasteiger partial charge in [0.05, 0.1) is 6.61 Å².